The van der Waals surface area contributed by atoms with Crippen LogP contribution in [0.2, 0.25) is 0 Å². The number of para-hydroxylation sites is 1. The van der Waals surface area contributed by atoms with Gasteiger partial charge in [0.2, 0.25) is 5.88 Å². The Morgan fingerprint density at radius 3 is 2.81 bits per heavy atom. The van der Waals surface area contributed by atoms with Crippen molar-refractivity contribution in [2.45, 2.75) is 13.0 Å². The van der Waals surface area contributed by atoms with Crippen molar-refractivity contribution in [1.29, 1.82) is 0 Å². The lowest BCUT2D eigenvalue weighted by Crippen LogP contribution is -2.23. The topological polar surface area (TPSA) is 60.2 Å². The molecule has 21 heavy (non-hydrogen) atoms. The van der Waals surface area contributed by atoms with Crippen LogP contribution in [0.4, 0.5) is 0 Å². The van der Waals surface area contributed by atoms with Crippen molar-refractivity contribution in [3.63, 3.8) is 0 Å². The zero-order valence-electron chi connectivity index (χ0n) is 12.0. The highest BCUT2D eigenvalue weighted by atomic mass is 16.5. The van der Waals surface area contributed by atoms with Crippen molar-refractivity contribution < 1.29 is 9.15 Å². The Morgan fingerprint density at radius 2 is 2.05 bits per heavy atom. The van der Waals surface area contributed by atoms with E-state index in [4.69, 9.17) is 9.15 Å². The number of benzene rings is 1. The fourth-order valence-electron chi connectivity index (χ4n) is 2.37. The lowest BCUT2D eigenvalue weighted by atomic mass is 10.1. The molecule has 0 aliphatic heterocycles. The summed E-state index contributed by atoms with van der Waals surface area (Å²) in [5.41, 5.74) is 1.58. The minimum absolute atomic E-state index is 0.189. The predicted octanol–water partition coefficient (Wildman–Crippen LogP) is 2.93. The smallest absolute Gasteiger partial charge is 0.237 e. The van der Waals surface area contributed by atoms with E-state index in [0.29, 0.717) is 5.88 Å². The second-order valence-corrected chi connectivity index (χ2v) is 4.63. The van der Waals surface area contributed by atoms with E-state index in [1.807, 2.05) is 37.3 Å². The molecule has 0 spiro atoms. The van der Waals surface area contributed by atoms with Gasteiger partial charge in [-0.05, 0) is 18.7 Å². The Bertz CT molecular complexity index is 706. The highest BCUT2D eigenvalue weighted by Crippen LogP contribution is 2.30. The monoisotopic (exact) mass is 283 g/mol. The second-order valence-electron chi connectivity index (χ2n) is 4.63. The zero-order chi connectivity index (χ0) is 14.7. The molecule has 0 radical (unpaired) electrons. The summed E-state index contributed by atoms with van der Waals surface area (Å²) in [6.45, 7) is 2.82. The number of fused-ring (bicyclic) bond motifs is 1. The van der Waals surface area contributed by atoms with Crippen LogP contribution in [0.5, 0.6) is 5.88 Å². The Morgan fingerprint density at radius 1 is 1.24 bits per heavy atom. The molecule has 0 saturated heterocycles. The molecule has 3 aromatic rings. The maximum Gasteiger partial charge on any atom is 0.237 e. The van der Waals surface area contributed by atoms with Crippen LogP contribution in [-0.4, -0.2) is 23.6 Å². The average molecular weight is 283 g/mol. The average Bonchev–Trinajstić information content (AvgIpc) is 2.96. The summed E-state index contributed by atoms with van der Waals surface area (Å²) in [7, 11) is 1.59. The molecule has 1 atom stereocenters. The van der Waals surface area contributed by atoms with E-state index in [1.165, 1.54) is 0 Å². The molecule has 5 heteroatoms. The largest absolute Gasteiger partial charge is 0.480 e. The molecule has 3 rings (SSSR count). The van der Waals surface area contributed by atoms with Crippen LogP contribution in [-0.2, 0) is 0 Å². The predicted molar refractivity (Wildman–Crippen MR) is 80.3 cm³/mol. The number of aromatic nitrogens is 2. The van der Waals surface area contributed by atoms with E-state index in [9.17, 15) is 0 Å². The second kappa shape index (κ2) is 5.93. The maximum absolute atomic E-state index is 5.95. The third kappa shape index (κ3) is 2.60. The van der Waals surface area contributed by atoms with Crippen molar-refractivity contribution in [1.82, 2.24) is 15.3 Å². The fraction of sp³-hybridized carbons (Fsp3) is 0.250. The van der Waals surface area contributed by atoms with Crippen LogP contribution >= 0.6 is 0 Å². The standard InChI is InChI=1S/C16H17N3O2/c1-3-17-14(15-16(20-2)19-9-8-18-15)13-10-11-6-4-5-7-12(11)21-13/h4-10,14,17H,3H2,1-2H3. The third-order valence-corrected chi connectivity index (χ3v) is 3.30. The van der Waals surface area contributed by atoms with Gasteiger partial charge in [0.05, 0.1) is 7.11 Å². The molecule has 2 aromatic heterocycles. The van der Waals surface area contributed by atoms with Crippen molar-refractivity contribution in [2.24, 2.45) is 0 Å². The Balaban J connectivity index is 2.08. The van der Waals surface area contributed by atoms with Crippen LogP contribution in [0.1, 0.15) is 24.4 Å². The molecule has 0 fully saturated rings. The Hall–Kier alpha value is -2.40. The summed E-state index contributed by atoms with van der Waals surface area (Å²) >= 11 is 0. The molecular formula is C16H17N3O2. The highest BCUT2D eigenvalue weighted by molar-refractivity contribution is 5.77. The van der Waals surface area contributed by atoms with Crippen LogP contribution in [0.15, 0.2) is 47.1 Å². The van der Waals surface area contributed by atoms with Crippen LogP contribution in [0.25, 0.3) is 11.0 Å². The minimum Gasteiger partial charge on any atom is -0.480 e. The number of hydrogen-bond acceptors (Lipinski definition) is 5. The maximum atomic E-state index is 5.95. The highest BCUT2D eigenvalue weighted by Gasteiger charge is 2.23. The number of nitrogens with zero attached hydrogens (tertiary/aromatic N) is 2. The molecule has 0 saturated carbocycles. The van der Waals surface area contributed by atoms with E-state index < -0.39 is 0 Å². The van der Waals surface area contributed by atoms with E-state index in [0.717, 1.165) is 29.0 Å². The molecule has 1 unspecified atom stereocenters. The summed E-state index contributed by atoms with van der Waals surface area (Å²) in [5, 5.41) is 4.44. The van der Waals surface area contributed by atoms with Gasteiger partial charge in [0, 0.05) is 17.8 Å². The van der Waals surface area contributed by atoms with Gasteiger partial charge >= 0.3 is 0 Å². The summed E-state index contributed by atoms with van der Waals surface area (Å²) in [5.74, 6) is 1.31. The lowest BCUT2D eigenvalue weighted by molar-refractivity contribution is 0.376. The molecule has 0 aliphatic carbocycles. The third-order valence-electron chi connectivity index (χ3n) is 3.30. The number of methoxy groups -OCH3 is 1. The number of furan rings is 1. The number of nitrogens with one attached hydrogen (secondary N) is 1. The van der Waals surface area contributed by atoms with Crippen molar-refractivity contribution in [2.75, 3.05) is 13.7 Å². The zero-order valence-corrected chi connectivity index (χ0v) is 12.0. The fourth-order valence-corrected chi connectivity index (χ4v) is 2.37. The van der Waals surface area contributed by atoms with Gasteiger partial charge in [0.15, 0.2) is 0 Å². The number of rotatable bonds is 5. The van der Waals surface area contributed by atoms with Crippen molar-refractivity contribution >= 4 is 11.0 Å². The summed E-state index contributed by atoms with van der Waals surface area (Å²) < 4.78 is 11.3. The first-order valence-corrected chi connectivity index (χ1v) is 6.90. The first-order chi connectivity index (χ1) is 10.3. The van der Waals surface area contributed by atoms with E-state index in [2.05, 4.69) is 15.3 Å². The van der Waals surface area contributed by atoms with Crippen LogP contribution in [0.3, 0.4) is 0 Å². The van der Waals surface area contributed by atoms with Gasteiger partial charge in [-0.15, -0.1) is 0 Å². The molecule has 1 N–H and O–H groups in total. The molecule has 1 aromatic carbocycles. The number of ether oxygens (including phenoxy) is 1. The molecule has 0 aliphatic rings. The first-order valence-electron chi connectivity index (χ1n) is 6.90. The summed E-state index contributed by atoms with van der Waals surface area (Å²) in [6, 6.07) is 9.77. The molecular weight excluding hydrogens is 266 g/mol. The van der Waals surface area contributed by atoms with Gasteiger partial charge in [0.25, 0.3) is 0 Å². The SMILES string of the molecule is CCNC(c1cc2ccccc2o1)c1nccnc1OC. The number of hydrogen-bond donors (Lipinski definition) is 1. The van der Waals surface area contributed by atoms with Crippen LogP contribution < -0.4 is 10.1 Å². The van der Waals surface area contributed by atoms with Gasteiger partial charge in [-0.2, -0.15) is 0 Å². The first kappa shape index (κ1) is 13.6. The summed E-state index contributed by atoms with van der Waals surface area (Å²) in [4.78, 5) is 8.62. The van der Waals surface area contributed by atoms with Crippen LogP contribution in [0, 0.1) is 0 Å². The van der Waals surface area contributed by atoms with Gasteiger partial charge in [-0.3, -0.25) is 4.98 Å². The normalized spacial score (nSPS) is 12.5. The molecule has 0 bridgehead atoms. The van der Waals surface area contributed by atoms with Gasteiger partial charge in [-0.1, -0.05) is 25.1 Å². The van der Waals surface area contributed by atoms with Gasteiger partial charge in [-0.25, -0.2) is 4.98 Å². The van der Waals surface area contributed by atoms with E-state index in [-0.39, 0.29) is 6.04 Å². The minimum atomic E-state index is -0.189. The molecule has 0 amide bonds. The Kier molecular flexibility index (Phi) is 3.83. The van der Waals surface area contributed by atoms with Gasteiger partial charge < -0.3 is 14.5 Å². The van der Waals surface area contributed by atoms with Gasteiger partial charge in [0.1, 0.15) is 23.1 Å². The lowest BCUT2D eigenvalue weighted by Gasteiger charge is -2.16. The molecule has 2 heterocycles. The van der Waals surface area contributed by atoms with Crippen molar-refractivity contribution in [3.8, 4) is 5.88 Å². The van der Waals surface area contributed by atoms with Crippen molar-refractivity contribution in [3.05, 3.63) is 54.2 Å². The Labute approximate surface area is 123 Å². The molecule has 108 valence electrons. The van der Waals surface area contributed by atoms with E-state index >= 15 is 0 Å². The van der Waals surface area contributed by atoms with E-state index in [1.54, 1.807) is 19.5 Å². The quantitative estimate of drug-likeness (QED) is 0.780. The molecule has 5 nitrogen and oxygen atoms in total. The summed E-state index contributed by atoms with van der Waals surface area (Å²) in [6.07, 6.45) is 3.27.